The van der Waals surface area contributed by atoms with E-state index in [1.807, 2.05) is 0 Å². The Morgan fingerprint density at radius 1 is 1.21 bits per heavy atom. The highest BCUT2D eigenvalue weighted by Crippen LogP contribution is 2.27. The molecule has 0 atom stereocenters. The molecule has 1 saturated carbocycles. The molecule has 1 aliphatic carbocycles. The number of aryl methyl sites for hydroxylation is 3. The molecule has 3 nitrogen and oxygen atoms in total. The fraction of sp³-hybridized carbons (Fsp3) is 0.619. The SMILES string of the molecule is Cc1ccc(C)c(CCCN(CCCC=O)CC(=O)C2CCC2)c1. The second-order valence-corrected chi connectivity index (χ2v) is 7.21. The van der Waals surface area contributed by atoms with Gasteiger partial charge in [-0.05, 0) is 70.2 Å². The predicted molar refractivity (Wildman–Crippen MR) is 98.3 cm³/mol. The molecule has 0 radical (unpaired) electrons. The second-order valence-electron chi connectivity index (χ2n) is 7.21. The van der Waals surface area contributed by atoms with Crippen molar-refractivity contribution in [2.45, 2.75) is 58.8 Å². The smallest absolute Gasteiger partial charge is 0.149 e. The number of carbonyl (C=O) groups excluding carboxylic acids is 2. The van der Waals surface area contributed by atoms with Crippen LogP contribution in [-0.2, 0) is 16.0 Å². The highest BCUT2D eigenvalue weighted by molar-refractivity contribution is 5.83. The normalized spacial score (nSPS) is 14.6. The van der Waals surface area contributed by atoms with Gasteiger partial charge < -0.3 is 4.79 Å². The molecule has 1 aromatic rings. The number of hydrogen-bond donors (Lipinski definition) is 0. The first-order chi connectivity index (χ1) is 11.6. The first-order valence-corrected chi connectivity index (χ1v) is 9.35. The predicted octanol–water partition coefficient (Wildman–Crippen LogP) is 3.89. The third-order valence-corrected chi connectivity index (χ3v) is 5.16. The van der Waals surface area contributed by atoms with E-state index in [1.54, 1.807) is 0 Å². The summed E-state index contributed by atoms with van der Waals surface area (Å²) < 4.78 is 0. The van der Waals surface area contributed by atoms with E-state index in [2.05, 4.69) is 36.9 Å². The lowest BCUT2D eigenvalue weighted by Crippen LogP contribution is -2.37. The summed E-state index contributed by atoms with van der Waals surface area (Å²) in [5, 5.41) is 0. The molecule has 0 unspecified atom stereocenters. The van der Waals surface area contributed by atoms with Crippen LogP contribution in [0.3, 0.4) is 0 Å². The van der Waals surface area contributed by atoms with E-state index in [0.717, 1.165) is 51.5 Å². The highest BCUT2D eigenvalue weighted by atomic mass is 16.1. The minimum absolute atomic E-state index is 0.303. The van der Waals surface area contributed by atoms with Crippen molar-refractivity contribution in [1.82, 2.24) is 4.90 Å². The van der Waals surface area contributed by atoms with Gasteiger partial charge in [-0.25, -0.2) is 0 Å². The van der Waals surface area contributed by atoms with Gasteiger partial charge in [-0.1, -0.05) is 30.2 Å². The minimum Gasteiger partial charge on any atom is -0.303 e. The third-order valence-electron chi connectivity index (χ3n) is 5.16. The molecule has 1 aliphatic rings. The molecule has 0 heterocycles. The van der Waals surface area contributed by atoms with Crippen molar-refractivity contribution in [2.24, 2.45) is 5.92 Å². The molecule has 1 fully saturated rings. The van der Waals surface area contributed by atoms with Gasteiger partial charge in [-0.2, -0.15) is 0 Å². The number of nitrogens with zero attached hydrogens (tertiary/aromatic N) is 1. The zero-order valence-corrected chi connectivity index (χ0v) is 15.2. The molecular formula is C21H31NO2. The first-order valence-electron chi connectivity index (χ1n) is 9.35. The molecule has 3 heteroatoms. The standard InChI is InChI=1S/C21H31NO2/c1-17-10-11-18(2)20(15-17)9-6-13-22(12-3-4-14-23)16-21(24)19-7-5-8-19/h10-11,14-15,19H,3-9,12-13,16H2,1-2H3. The van der Waals surface area contributed by atoms with Crippen LogP contribution in [-0.4, -0.2) is 36.6 Å². The van der Waals surface area contributed by atoms with E-state index in [9.17, 15) is 9.59 Å². The number of Topliss-reactive ketones (excluding diaryl/α,β-unsaturated/α-hetero) is 1. The fourth-order valence-electron chi connectivity index (χ4n) is 3.31. The lowest BCUT2D eigenvalue weighted by atomic mass is 9.82. The quantitative estimate of drug-likeness (QED) is 0.456. The van der Waals surface area contributed by atoms with Crippen LogP contribution in [0.25, 0.3) is 0 Å². The van der Waals surface area contributed by atoms with Gasteiger partial charge in [0.2, 0.25) is 0 Å². The maximum atomic E-state index is 12.3. The summed E-state index contributed by atoms with van der Waals surface area (Å²) in [4.78, 5) is 25.1. The summed E-state index contributed by atoms with van der Waals surface area (Å²) in [7, 11) is 0. The lowest BCUT2D eigenvalue weighted by Gasteiger charge is -2.28. The van der Waals surface area contributed by atoms with E-state index in [0.29, 0.717) is 24.7 Å². The van der Waals surface area contributed by atoms with Crippen LogP contribution < -0.4 is 0 Å². The van der Waals surface area contributed by atoms with Crippen molar-refractivity contribution in [3.63, 3.8) is 0 Å². The Bertz CT molecular complexity index is 549. The number of ketones is 1. The number of hydrogen-bond acceptors (Lipinski definition) is 3. The molecule has 1 aromatic carbocycles. The fourth-order valence-corrected chi connectivity index (χ4v) is 3.31. The summed E-state index contributed by atoms with van der Waals surface area (Å²) >= 11 is 0. The Morgan fingerprint density at radius 3 is 2.62 bits per heavy atom. The molecule has 0 aliphatic heterocycles. The Morgan fingerprint density at radius 2 is 1.96 bits per heavy atom. The Kier molecular flexibility index (Phi) is 7.64. The van der Waals surface area contributed by atoms with Crippen molar-refractivity contribution < 1.29 is 9.59 Å². The van der Waals surface area contributed by atoms with Crippen LogP contribution in [0, 0.1) is 19.8 Å². The summed E-state index contributed by atoms with van der Waals surface area (Å²) in [5.41, 5.74) is 4.06. The number of aldehydes is 1. The topological polar surface area (TPSA) is 37.4 Å². The molecule has 0 aromatic heterocycles. The average molecular weight is 329 g/mol. The van der Waals surface area contributed by atoms with Crippen molar-refractivity contribution in [3.8, 4) is 0 Å². The van der Waals surface area contributed by atoms with Crippen LogP contribution in [0.15, 0.2) is 18.2 Å². The van der Waals surface area contributed by atoms with Gasteiger partial charge in [0.25, 0.3) is 0 Å². The molecule has 2 rings (SSSR count). The third kappa shape index (κ3) is 5.86. The Hall–Kier alpha value is -1.48. The van der Waals surface area contributed by atoms with Crippen LogP contribution in [0.2, 0.25) is 0 Å². The number of unbranched alkanes of at least 4 members (excludes halogenated alkanes) is 1. The molecule has 0 amide bonds. The second kappa shape index (κ2) is 9.73. The van der Waals surface area contributed by atoms with Crippen molar-refractivity contribution >= 4 is 12.1 Å². The van der Waals surface area contributed by atoms with Crippen LogP contribution >= 0.6 is 0 Å². The molecule has 0 spiro atoms. The molecule has 0 N–H and O–H groups in total. The van der Waals surface area contributed by atoms with Crippen molar-refractivity contribution in [2.75, 3.05) is 19.6 Å². The number of carbonyl (C=O) groups is 2. The van der Waals surface area contributed by atoms with E-state index < -0.39 is 0 Å². The van der Waals surface area contributed by atoms with E-state index in [-0.39, 0.29) is 0 Å². The Labute approximate surface area is 146 Å². The van der Waals surface area contributed by atoms with Gasteiger partial charge in [0, 0.05) is 12.3 Å². The lowest BCUT2D eigenvalue weighted by molar-refractivity contribution is -0.126. The van der Waals surface area contributed by atoms with Crippen molar-refractivity contribution in [1.29, 1.82) is 0 Å². The van der Waals surface area contributed by atoms with Crippen LogP contribution in [0.4, 0.5) is 0 Å². The average Bonchev–Trinajstić information content (AvgIpc) is 2.49. The molecular weight excluding hydrogens is 298 g/mol. The van der Waals surface area contributed by atoms with Gasteiger partial charge in [0.05, 0.1) is 6.54 Å². The maximum absolute atomic E-state index is 12.3. The summed E-state index contributed by atoms with van der Waals surface area (Å²) in [6.45, 7) is 6.65. The highest BCUT2D eigenvalue weighted by Gasteiger charge is 2.26. The summed E-state index contributed by atoms with van der Waals surface area (Å²) in [6.07, 6.45) is 7.87. The van der Waals surface area contributed by atoms with Gasteiger partial charge in [0.15, 0.2) is 0 Å². The molecule has 0 saturated heterocycles. The monoisotopic (exact) mass is 329 g/mol. The Balaban J connectivity index is 1.83. The zero-order chi connectivity index (χ0) is 17.4. The van der Waals surface area contributed by atoms with Gasteiger partial charge in [0.1, 0.15) is 12.1 Å². The largest absolute Gasteiger partial charge is 0.303 e. The number of rotatable bonds is 11. The maximum Gasteiger partial charge on any atom is 0.149 e. The van der Waals surface area contributed by atoms with Crippen molar-refractivity contribution in [3.05, 3.63) is 34.9 Å². The van der Waals surface area contributed by atoms with E-state index in [4.69, 9.17) is 0 Å². The van der Waals surface area contributed by atoms with Gasteiger partial charge >= 0.3 is 0 Å². The molecule has 0 bridgehead atoms. The summed E-state index contributed by atoms with van der Waals surface area (Å²) in [6, 6.07) is 6.61. The zero-order valence-electron chi connectivity index (χ0n) is 15.2. The van der Waals surface area contributed by atoms with E-state index >= 15 is 0 Å². The first kappa shape index (κ1) is 18.9. The van der Waals surface area contributed by atoms with Crippen LogP contribution in [0.5, 0.6) is 0 Å². The van der Waals surface area contributed by atoms with Gasteiger partial charge in [-0.3, -0.25) is 9.69 Å². The van der Waals surface area contributed by atoms with Crippen LogP contribution in [0.1, 0.15) is 55.2 Å². The van der Waals surface area contributed by atoms with Gasteiger partial charge in [-0.15, -0.1) is 0 Å². The minimum atomic E-state index is 0.303. The number of benzene rings is 1. The molecule has 24 heavy (non-hydrogen) atoms. The molecule has 132 valence electrons. The van der Waals surface area contributed by atoms with E-state index in [1.165, 1.54) is 23.1 Å². The summed E-state index contributed by atoms with van der Waals surface area (Å²) in [5.74, 6) is 0.705.